The summed E-state index contributed by atoms with van der Waals surface area (Å²) in [7, 11) is 1.12. The fourth-order valence-electron chi connectivity index (χ4n) is 2.30. The number of hydrogen-bond donors (Lipinski definition) is 0. The van der Waals surface area contributed by atoms with Gasteiger partial charge < -0.3 is 13.9 Å². The first-order valence-electron chi connectivity index (χ1n) is 8.00. The first-order chi connectivity index (χ1) is 13.9. The molecule has 2 aromatic carbocycles. The molecule has 1 heterocycles. The molecule has 3 rings (SSSR count). The van der Waals surface area contributed by atoms with E-state index in [2.05, 4.69) is 14.9 Å². The summed E-state index contributed by atoms with van der Waals surface area (Å²) < 4.78 is 15.0. The molecule has 10 nitrogen and oxygen atoms in total. The zero-order valence-electron chi connectivity index (χ0n) is 14.8. The number of esters is 2. The Labute approximate surface area is 168 Å². The Bertz CT molecular complexity index is 1080. The molecule has 3 aromatic rings. The number of rotatable bonds is 6. The summed E-state index contributed by atoms with van der Waals surface area (Å²) >= 11 is 5.82. The highest BCUT2D eigenvalue weighted by Gasteiger charge is 2.20. The van der Waals surface area contributed by atoms with E-state index in [-0.39, 0.29) is 29.5 Å². The Morgan fingerprint density at radius 3 is 2.38 bits per heavy atom. The number of benzene rings is 2. The van der Waals surface area contributed by atoms with E-state index in [0.717, 1.165) is 25.3 Å². The molecule has 29 heavy (non-hydrogen) atoms. The quantitative estimate of drug-likeness (QED) is 0.335. The van der Waals surface area contributed by atoms with E-state index in [1.807, 2.05) is 0 Å². The molecule has 0 saturated carbocycles. The lowest BCUT2D eigenvalue weighted by molar-refractivity contribution is -0.384. The largest absolute Gasteiger partial charge is 0.465 e. The van der Waals surface area contributed by atoms with Gasteiger partial charge in [-0.15, -0.1) is 10.2 Å². The maximum Gasteiger partial charge on any atom is 0.338 e. The number of nitro groups is 1. The summed E-state index contributed by atoms with van der Waals surface area (Å²) in [4.78, 5) is 34.2. The van der Waals surface area contributed by atoms with Gasteiger partial charge in [0.05, 0.1) is 23.2 Å². The topological polar surface area (TPSA) is 135 Å². The van der Waals surface area contributed by atoms with E-state index in [1.165, 1.54) is 0 Å². The summed E-state index contributed by atoms with van der Waals surface area (Å²) in [6, 6.07) is 9.80. The molecule has 0 aliphatic rings. The van der Waals surface area contributed by atoms with Gasteiger partial charge in [-0.1, -0.05) is 11.6 Å². The molecule has 0 fully saturated rings. The molecular formula is C18H12ClN3O7. The first kappa shape index (κ1) is 20.0. The molecule has 0 bridgehead atoms. The number of nitrogens with zero attached hydrogens (tertiary/aromatic N) is 3. The summed E-state index contributed by atoms with van der Waals surface area (Å²) in [5.41, 5.74) is -0.183. The lowest BCUT2D eigenvalue weighted by Crippen LogP contribution is -2.09. The highest BCUT2D eigenvalue weighted by Crippen LogP contribution is 2.22. The third kappa shape index (κ3) is 4.74. The molecule has 148 valence electrons. The maximum absolute atomic E-state index is 12.3. The maximum atomic E-state index is 12.3. The van der Waals surface area contributed by atoms with Crippen molar-refractivity contribution in [3.05, 3.63) is 74.6 Å². The van der Waals surface area contributed by atoms with Crippen LogP contribution in [0.1, 0.15) is 26.6 Å². The Morgan fingerprint density at radius 2 is 1.76 bits per heavy atom. The van der Waals surface area contributed by atoms with Crippen molar-refractivity contribution in [1.29, 1.82) is 0 Å². The average molecular weight is 418 g/mol. The second-order valence-corrected chi connectivity index (χ2v) is 6.04. The second-order valence-electron chi connectivity index (χ2n) is 5.60. The van der Waals surface area contributed by atoms with E-state index in [9.17, 15) is 19.7 Å². The minimum atomic E-state index is -0.912. The minimum Gasteiger partial charge on any atom is -0.465 e. The van der Waals surface area contributed by atoms with Crippen LogP contribution < -0.4 is 0 Å². The normalized spacial score (nSPS) is 10.4. The lowest BCUT2D eigenvalue weighted by Gasteiger charge is -2.05. The van der Waals surface area contributed by atoms with E-state index >= 15 is 0 Å². The van der Waals surface area contributed by atoms with E-state index in [0.29, 0.717) is 10.6 Å². The highest BCUT2D eigenvalue weighted by atomic mass is 35.5. The monoisotopic (exact) mass is 417 g/mol. The average Bonchev–Trinajstić information content (AvgIpc) is 3.20. The third-order valence-corrected chi connectivity index (χ3v) is 3.92. The number of hydrogen-bond acceptors (Lipinski definition) is 9. The molecule has 0 N–H and O–H groups in total. The first-order valence-corrected chi connectivity index (χ1v) is 8.38. The van der Waals surface area contributed by atoms with Crippen LogP contribution in [-0.4, -0.2) is 34.2 Å². The number of carbonyl (C=O) groups is 2. The Kier molecular flexibility index (Phi) is 5.84. The second kappa shape index (κ2) is 8.48. The summed E-state index contributed by atoms with van der Waals surface area (Å²) in [5, 5.41) is 19.2. The van der Waals surface area contributed by atoms with Crippen LogP contribution in [0.25, 0.3) is 11.5 Å². The van der Waals surface area contributed by atoms with Crippen molar-refractivity contribution in [2.75, 3.05) is 7.11 Å². The van der Waals surface area contributed by atoms with Gasteiger partial charge >= 0.3 is 11.9 Å². The molecule has 1 aromatic heterocycles. The smallest absolute Gasteiger partial charge is 0.338 e. The van der Waals surface area contributed by atoms with Crippen molar-refractivity contribution in [2.24, 2.45) is 0 Å². The molecular weight excluding hydrogens is 406 g/mol. The van der Waals surface area contributed by atoms with Crippen molar-refractivity contribution >= 4 is 29.2 Å². The third-order valence-electron chi connectivity index (χ3n) is 3.67. The van der Waals surface area contributed by atoms with Crippen molar-refractivity contribution in [3.63, 3.8) is 0 Å². The Balaban J connectivity index is 1.74. The highest BCUT2D eigenvalue weighted by molar-refractivity contribution is 6.30. The van der Waals surface area contributed by atoms with Crippen molar-refractivity contribution in [3.8, 4) is 11.5 Å². The van der Waals surface area contributed by atoms with Crippen molar-refractivity contribution in [2.45, 2.75) is 6.61 Å². The summed E-state index contributed by atoms with van der Waals surface area (Å²) in [6.07, 6.45) is 0. The van der Waals surface area contributed by atoms with Gasteiger partial charge in [-0.25, -0.2) is 9.59 Å². The molecule has 0 aliphatic heterocycles. The molecule has 0 amide bonds. The molecule has 11 heteroatoms. The van der Waals surface area contributed by atoms with Crippen LogP contribution in [0.4, 0.5) is 5.69 Å². The molecule has 0 atom stereocenters. The number of methoxy groups -OCH3 is 1. The van der Waals surface area contributed by atoms with Crippen LogP contribution in [0.15, 0.2) is 46.9 Å². The molecule has 0 saturated heterocycles. The fraction of sp³-hybridized carbons (Fsp3) is 0.111. The number of carbonyl (C=O) groups excluding carboxylic acids is 2. The predicted octanol–water partition coefficient (Wildman–Crippen LogP) is 3.44. The molecule has 0 spiro atoms. The number of aromatic nitrogens is 2. The summed E-state index contributed by atoms with van der Waals surface area (Å²) in [5.74, 6) is -1.52. The van der Waals surface area contributed by atoms with E-state index in [1.54, 1.807) is 24.3 Å². The van der Waals surface area contributed by atoms with Crippen LogP contribution in [0.3, 0.4) is 0 Å². The van der Waals surface area contributed by atoms with Crippen LogP contribution in [0, 0.1) is 10.1 Å². The minimum absolute atomic E-state index is 0.0157. The van der Waals surface area contributed by atoms with Crippen LogP contribution >= 0.6 is 11.6 Å². The zero-order valence-corrected chi connectivity index (χ0v) is 15.6. The zero-order chi connectivity index (χ0) is 21.0. The van der Waals surface area contributed by atoms with Gasteiger partial charge in [0.2, 0.25) is 5.89 Å². The SMILES string of the molecule is COC(=O)c1cc(C(=O)OCc2nnc(-c3ccc(Cl)cc3)o2)cc([N+](=O)[O-])c1. The molecule has 0 radical (unpaired) electrons. The lowest BCUT2D eigenvalue weighted by atomic mass is 10.1. The van der Waals surface area contributed by atoms with Crippen molar-refractivity contribution < 1.29 is 28.4 Å². The predicted molar refractivity (Wildman–Crippen MR) is 98.3 cm³/mol. The Morgan fingerprint density at radius 1 is 1.10 bits per heavy atom. The van der Waals surface area contributed by atoms with Gasteiger partial charge in [0, 0.05) is 22.7 Å². The van der Waals surface area contributed by atoms with E-state index in [4.69, 9.17) is 20.8 Å². The fourth-order valence-corrected chi connectivity index (χ4v) is 2.43. The van der Waals surface area contributed by atoms with E-state index < -0.39 is 22.5 Å². The number of non-ortho nitro benzene ring substituents is 1. The van der Waals surface area contributed by atoms with Crippen molar-refractivity contribution in [1.82, 2.24) is 10.2 Å². The van der Waals surface area contributed by atoms with Crippen LogP contribution in [0.2, 0.25) is 5.02 Å². The number of ether oxygens (including phenoxy) is 2. The van der Waals surface area contributed by atoms with Crippen LogP contribution in [-0.2, 0) is 16.1 Å². The Hall–Kier alpha value is -3.79. The van der Waals surface area contributed by atoms with Gasteiger partial charge in [0.15, 0.2) is 6.61 Å². The van der Waals surface area contributed by atoms with Gasteiger partial charge in [0.1, 0.15) is 0 Å². The number of nitro benzene ring substituents is 1. The van der Waals surface area contributed by atoms with Gasteiger partial charge in [-0.3, -0.25) is 10.1 Å². The standard InChI is InChI=1S/C18H12ClN3O7/c1-27-17(23)11-6-12(8-14(7-11)22(25)26)18(24)28-9-15-20-21-16(29-15)10-2-4-13(19)5-3-10/h2-8H,9H2,1H3. The van der Waals surface area contributed by atoms with Gasteiger partial charge in [0.25, 0.3) is 11.6 Å². The van der Waals surface area contributed by atoms with Gasteiger partial charge in [-0.2, -0.15) is 0 Å². The van der Waals surface area contributed by atoms with Gasteiger partial charge in [-0.05, 0) is 30.3 Å². The molecule has 0 unspecified atom stereocenters. The van der Waals surface area contributed by atoms with Crippen LogP contribution in [0.5, 0.6) is 0 Å². The summed E-state index contributed by atoms with van der Waals surface area (Å²) in [6.45, 7) is -0.365. The number of halogens is 1. The molecule has 0 aliphatic carbocycles.